The van der Waals surface area contributed by atoms with E-state index in [0.717, 1.165) is 29.4 Å². The van der Waals surface area contributed by atoms with Crippen LogP contribution in [0.4, 0.5) is 14.5 Å². The molecule has 0 spiro atoms. The second-order valence-corrected chi connectivity index (χ2v) is 5.73. The van der Waals surface area contributed by atoms with Crippen LogP contribution in [0.2, 0.25) is 0 Å². The van der Waals surface area contributed by atoms with Crippen molar-refractivity contribution in [1.82, 2.24) is 15.1 Å². The fourth-order valence-electron chi connectivity index (χ4n) is 2.91. The molecule has 0 saturated carbocycles. The van der Waals surface area contributed by atoms with Crippen LogP contribution in [-0.2, 0) is 0 Å². The topological polar surface area (TPSA) is 70.4 Å². The Labute approximate surface area is 137 Å². The summed E-state index contributed by atoms with van der Waals surface area (Å²) in [5.41, 5.74) is 0.614. The molecule has 24 heavy (non-hydrogen) atoms. The molecule has 0 amide bonds. The molecule has 1 aliphatic rings. The highest BCUT2D eigenvalue weighted by atomic mass is 19.1. The molecule has 1 aromatic heterocycles. The number of benzene rings is 1. The summed E-state index contributed by atoms with van der Waals surface area (Å²) in [5.74, 6) is -1.55. The van der Waals surface area contributed by atoms with Gasteiger partial charge in [-0.3, -0.25) is 4.79 Å². The molecule has 1 aliphatic heterocycles. The lowest BCUT2D eigenvalue weighted by molar-refractivity contribution is 0.246. The molecule has 2 heterocycles. The Morgan fingerprint density at radius 2 is 2.04 bits per heavy atom. The number of hydrogen-bond acceptors (Lipinski definition) is 5. The van der Waals surface area contributed by atoms with Gasteiger partial charge in [-0.05, 0) is 19.1 Å². The highest BCUT2D eigenvalue weighted by Crippen LogP contribution is 2.20. The van der Waals surface area contributed by atoms with Gasteiger partial charge in [-0.2, -0.15) is 9.78 Å². The zero-order valence-corrected chi connectivity index (χ0v) is 13.2. The molecule has 1 unspecified atom stereocenters. The predicted molar refractivity (Wildman–Crippen MR) is 85.6 cm³/mol. The summed E-state index contributed by atoms with van der Waals surface area (Å²) in [6.07, 6.45) is 1.49. The minimum Gasteiger partial charge on any atom is -0.394 e. The van der Waals surface area contributed by atoms with Gasteiger partial charge in [0.25, 0.3) is 5.56 Å². The number of aromatic nitrogens is 2. The summed E-state index contributed by atoms with van der Waals surface area (Å²) in [5, 5.41) is 16.8. The van der Waals surface area contributed by atoms with Gasteiger partial charge >= 0.3 is 0 Å². The lowest BCUT2D eigenvalue weighted by Crippen LogP contribution is -2.53. The van der Waals surface area contributed by atoms with E-state index in [2.05, 4.69) is 10.4 Å². The lowest BCUT2D eigenvalue weighted by Gasteiger charge is -2.37. The van der Waals surface area contributed by atoms with E-state index in [1.165, 1.54) is 6.20 Å². The Morgan fingerprint density at radius 1 is 1.33 bits per heavy atom. The van der Waals surface area contributed by atoms with Gasteiger partial charge in [-0.15, -0.1) is 0 Å². The molecule has 1 atom stereocenters. The number of aliphatic hydroxyl groups is 1. The summed E-state index contributed by atoms with van der Waals surface area (Å²) < 4.78 is 27.7. The van der Waals surface area contributed by atoms with Crippen LogP contribution in [0.1, 0.15) is 5.56 Å². The third-order valence-electron chi connectivity index (χ3n) is 4.16. The van der Waals surface area contributed by atoms with Gasteiger partial charge in [0.05, 0.1) is 30.2 Å². The largest absolute Gasteiger partial charge is 0.394 e. The first-order valence-corrected chi connectivity index (χ1v) is 7.65. The maximum atomic E-state index is 13.4. The van der Waals surface area contributed by atoms with Crippen LogP contribution in [0.5, 0.6) is 0 Å². The van der Waals surface area contributed by atoms with E-state index in [1.807, 2.05) is 4.90 Å². The van der Waals surface area contributed by atoms with Crippen molar-refractivity contribution in [3.05, 3.63) is 51.9 Å². The fourth-order valence-corrected chi connectivity index (χ4v) is 2.91. The van der Waals surface area contributed by atoms with Crippen LogP contribution >= 0.6 is 0 Å². The Balaban J connectivity index is 2.04. The van der Waals surface area contributed by atoms with Crippen molar-refractivity contribution in [3.63, 3.8) is 0 Å². The number of halogens is 2. The molecule has 6 nitrogen and oxygen atoms in total. The van der Waals surface area contributed by atoms with Crippen LogP contribution in [-0.4, -0.2) is 47.2 Å². The average molecular weight is 336 g/mol. The monoisotopic (exact) mass is 336 g/mol. The first kappa shape index (κ1) is 16.5. The van der Waals surface area contributed by atoms with Crippen molar-refractivity contribution in [2.75, 3.05) is 31.1 Å². The molecule has 0 aliphatic carbocycles. The van der Waals surface area contributed by atoms with Gasteiger partial charge in [-0.1, -0.05) is 0 Å². The molecular formula is C16H18F2N4O2. The van der Waals surface area contributed by atoms with E-state index in [9.17, 15) is 18.7 Å². The van der Waals surface area contributed by atoms with E-state index in [4.69, 9.17) is 0 Å². The van der Waals surface area contributed by atoms with Crippen LogP contribution in [0, 0.1) is 18.6 Å². The third kappa shape index (κ3) is 3.02. The van der Waals surface area contributed by atoms with Crippen LogP contribution in [0.25, 0.3) is 5.69 Å². The minimum atomic E-state index is -0.775. The molecule has 1 saturated heterocycles. The van der Waals surface area contributed by atoms with Gasteiger partial charge in [0.2, 0.25) is 0 Å². The summed E-state index contributed by atoms with van der Waals surface area (Å²) in [6, 6.07) is 2.69. The molecule has 8 heteroatoms. The lowest BCUT2D eigenvalue weighted by atomic mass is 10.1. The predicted octanol–water partition coefficient (Wildman–Crippen LogP) is 0.590. The first-order chi connectivity index (χ1) is 11.5. The summed E-state index contributed by atoms with van der Waals surface area (Å²) in [4.78, 5) is 14.5. The summed E-state index contributed by atoms with van der Waals surface area (Å²) in [7, 11) is 0. The number of anilines is 1. The third-order valence-corrected chi connectivity index (χ3v) is 4.16. The van der Waals surface area contributed by atoms with Gasteiger partial charge in [0.15, 0.2) is 0 Å². The number of nitrogens with zero attached hydrogens (tertiary/aromatic N) is 3. The van der Waals surface area contributed by atoms with Crippen LogP contribution in [0.15, 0.2) is 29.2 Å². The molecule has 2 N–H and O–H groups in total. The highest BCUT2D eigenvalue weighted by molar-refractivity contribution is 5.52. The number of rotatable bonds is 3. The van der Waals surface area contributed by atoms with Gasteiger partial charge in [0.1, 0.15) is 11.6 Å². The second kappa shape index (κ2) is 6.66. The molecule has 0 radical (unpaired) electrons. The molecule has 1 aromatic carbocycles. The fraction of sp³-hybridized carbons (Fsp3) is 0.375. The smallest absolute Gasteiger partial charge is 0.276 e. The Kier molecular flexibility index (Phi) is 4.59. The minimum absolute atomic E-state index is 0.0335. The van der Waals surface area contributed by atoms with Gasteiger partial charge < -0.3 is 15.3 Å². The van der Waals surface area contributed by atoms with Crippen molar-refractivity contribution in [3.8, 4) is 5.69 Å². The molecule has 128 valence electrons. The number of aliphatic hydroxyl groups excluding tert-OH is 1. The number of piperazine rings is 1. The molecule has 3 rings (SSSR count). The number of nitrogens with one attached hydrogen (secondary N) is 1. The van der Waals surface area contributed by atoms with E-state index in [-0.39, 0.29) is 18.3 Å². The molecule has 2 aromatic rings. The quantitative estimate of drug-likeness (QED) is 0.859. The van der Waals surface area contributed by atoms with E-state index in [0.29, 0.717) is 24.3 Å². The van der Waals surface area contributed by atoms with Crippen molar-refractivity contribution in [2.45, 2.75) is 13.0 Å². The maximum Gasteiger partial charge on any atom is 0.276 e. The molecule has 0 bridgehead atoms. The van der Waals surface area contributed by atoms with Gasteiger partial charge in [0, 0.05) is 31.3 Å². The number of hydrogen-bond donors (Lipinski definition) is 2. The standard InChI is InChI=1S/C16H18F2N4O2/c1-10-15(21-3-2-19-7-14(21)9-23)8-20-22(16(10)24)13-5-11(17)4-12(18)6-13/h4-6,8,14,19,23H,2-3,7,9H2,1H3. The average Bonchev–Trinajstić information content (AvgIpc) is 2.56. The van der Waals surface area contributed by atoms with Crippen LogP contribution < -0.4 is 15.8 Å². The van der Waals surface area contributed by atoms with Crippen molar-refractivity contribution < 1.29 is 13.9 Å². The Morgan fingerprint density at radius 3 is 2.71 bits per heavy atom. The van der Waals surface area contributed by atoms with E-state index >= 15 is 0 Å². The molecular weight excluding hydrogens is 318 g/mol. The second-order valence-electron chi connectivity index (χ2n) is 5.73. The summed E-state index contributed by atoms with van der Waals surface area (Å²) in [6.45, 7) is 3.56. The van der Waals surface area contributed by atoms with Crippen LogP contribution in [0.3, 0.4) is 0 Å². The Bertz CT molecular complexity index is 789. The highest BCUT2D eigenvalue weighted by Gasteiger charge is 2.24. The molecule has 1 fully saturated rings. The summed E-state index contributed by atoms with van der Waals surface area (Å²) >= 11 is 0. The van der Waals surface area contributed by atoms with Crippen molar-refractivity contribution in [1.29, 1.82) is 0 Å². The van der Waals surface area contributed by atoms with E-state index in [1.54, 1.807) is 6.92 Å². The zero-order valence-electron chi connectivity index (χ0n) is 13.2. The van der Waals surface area contributed by atoms with Crippen molar-refractivity contribution in [2.24, 2.45) is 0 Å². The Hall–Kier alpha value is -2.32. The SMILES string of the molecule is Cc1c(N2CCNCC2CO)cnn(-c2cc(F)cc(F)c2)c1=O. The van der Waals surface area contributed by atoms with Gasteiger partial charge in [-0.25, -0.2) is 8.78 Å². The first-order valence-electron chi connectivity index (χ1n) is 7.65. The van der Waals surface area contributed by atoms with E-state index < -0.39 is 17.2 Å². The normalized spacial score (nSPS) is 18.0. The maximum absolute atomic E-state index is 13.4. The van der Waals surface area contributed by atoms with Crippen molar-refractivity contribution >= 4 is 5.69 Å². The zero-order chi connectivity index (χ0) is 17.3.